The van der Waals surface area contributed by atoms with Crippen LogP contribution < -0.4 is 11.0 Å². The third kappa shape index (κ3) is 2.96. The Bertz CT molecular complexity index is 425. The van der Waals surface area contributed by atoms with Gasteiger partial charge in [-0.05, 0) is 20.4 Å². The van der Waals surface area contributed by atoms with Gasteiger partial charge in [0.1, 0.15) is 0 Å². The molecule has 18 heavy (non-hydrogen) atoms. The molecule has 0 spiro atoms. The zero-order valence-electron chi connectivity index (χ0n) is 10.8. The largest absolute Gasteiger partial charge is 0.381 e. The lowest BCUT2D eigenvalue weighted by Crippen LogP contribution is -2.36. The average molecular weight is 272 g/mol. The van der Waals surface area contributed by atoms with E-state index < -0.39 is 0 Å². The molecule has 7 heteroatoms. The van der Waals surface area contributed by atoms with Crippen molar-refractivity contribution >= 4 is 11.8 Å². The van der Waals surface area contributed by atoms with Crippen LogP contribution in [0, 0.1) is 5.92 Å². The highest BCUT2D eigenvalue weighted by molar-refractivity contribution is 7.99. The molecule has 0 saturated carbocycles. The van der Waals surface area contributed by atoms with Gasteiger partial charge in [-0.15, -0.1) is 5.10 Å². The van der Waals surface area contributed by atoms with Crippen LogP contribution in [0.1, 0.15) is 13.3 Å². The van der Waals surface area contributed by atoms with E-state index in [0.29, 0.717) is 18.5 Å². The summed E-state index contributed by atoms with van der Waals surface area (Å²) in [4.78, 5) is 11.4. The molecule has 1 aliphatic rings. The SMILES string of the molecule is CCn1c(SCC(NC)C2CCOC2)n[nH]c1=O. The lowest BCUT2D eigenvalue weighted by Gasteiger charge is -2.20. The molecule has 0 amide bonds. The Balaban J connectivity index is 1.94. The van der Waals surface area contributed by atoms with Crippen molar-refractivity contribution < 1.29 is 4.74 Å². The summed E-state index contributed by atoms with van der Waals surface area (Å²) in [5.41, 5.74) is -0.134. The van der Waals surface area contributed by atoms with Gasteiger partial charge in [0.15, 0.2) is 5.16 Å². The fraction of sp³-hybridized carbons (Fsp3) is 0.818. The average Bonchev–Trinajstić information content (AvgIpc) is 3.00. The maximum absolute atomic E-state index is 11.4. The third-order valence-electron chi connectivity index (χ3n) is 3.34. The molecule has 2 atom stereocenters. The van der Waals surface area contributed by atoms with Crippen LogP contribution in [-0.2, 0) is 11.3 Å². The van der Waals surface area contributed by atoms with Gasteiger partial charge >= 0.3 is 5.69 Å². The third-order valence-corrected chi connectivity index (χ3v) is 4.43. The predicted molar refractivity (Wildman–Crippen MR) is 71.0 cm³/mol. The minimum absolute atomic E-state index is 0.134. The topological polar surface area (TPSA) is 71.9 Å². The van der Waals surface area contributed by atoms with E-state index in [1.807, 2.05) is 14.0 Å². The van der Waals surface area contributed by atoms with Crippen LogP contribution in [0.4, 0.5) is 0 Å². The molecule has 102 valence electrons. The molecule has 2 rings (SSSR count). The van der Waals surface area contributed by atoms with Crippen molar-refractivity contribution in [1.82, 2.24) is 20.1 Å². The van der Waals surface area contributed by atoms with Gasteiger partial charge in [0.25, 0.3) is 0 Å². The predicted octanol–water partition coefficient (Wildman–Crippen LogP) is 0.308. The number of ether oxygens (including phenoxy) is 1. The minimum Gasteiger partial charge on any atom is -0.381 e. The number of H-pyrrole nitrogens is 1. The van der Waals surface area contributed by atoms with Gasteiger partial charge in [0.05, 0.1) is 6.61 Å². The number of hydrogen-bond donors (Lipinski definition) is 2. The molecule has 1 aliphatic heterocycles. The number of nitrogens with one attached hydrogen (secondary N) is 2. The summed E-state index contributed by atoms with van der Waals surface area (Å²) in [5.74, 6) is 1.46. The van der Waals surface area contributed by atoms with Gasteiger partial charge in [0.2, 0.25) is 0 Å². The van der Waals surface area contributed by atoms with Gasteiger partial charge in [-0.25, -0.2) is 9.89 Å². The molecule has 0 bridgehead atoms. The van der Waals surface area contributed by atoms with Crippen LogP contribution in [0.15, 0.2) is 9.95 Å². The van der Waals surface area contributed by atoms with Gasteiger partial charge in [-0.1, -0.05) is 11.8 Å². The quantitative estimate of drug-likeness (QED) is 0.729. The minimum atomic E-state index is -0.134. The van der Waals surface area contributed by atoms with Crippen molar-refractivity contribution in [3.63, 3.8) is 0 Å². The monoisotopic (exact) mass is 272 g/mol. The van der Waals surface area contributed by atoms with E-state index in [-0.39, 0.29) is 5.69 Å². The summed E-state index contributed by atoms with van der Waals surface area (Å²) >= 11 is 1.61. The maximum atomic E-state index is 11.4. The van der Waals surface area contributed by atoms with Crippen molar-refractivity contribution in [2.45, 2.75) is 31.1 Å². The smallest absolute Gasteiger partial charge is 0.343 e. The van der Waals surface area contributed by atoms with E-state index in [9.17, 15) is 4.79 Å². The van der Waals surface area contributed by atoms with Crippen molar-refractivity contribution in [3.8, 4) is 0 Å². The second-order valence-corrected chi connectivity index (χ2v) is 5.37. The van der Waals surface area contributed by atoms with E-state index in [1.165, 1.54) is 0 Å². The van der Waals surface area contributed by atoms with Gasteiger partial charge in [0, 0.05) is 30.9 Å². The van der Waals surface area contributed by atoms with Crippen molar-refractivity contribution in [1.29, 1.82) is 0 Å². The number of hydrogen-bond acceptors (Lipinski definition) is 5. The van der Waals surface area contributed by atoms with E-state index in [0.717, 1.165) is 30.5 Å². The van der Waals surface area contributed by atoms with Gasteiger partial charge < -0.3 is 10.1 Å². The normalized spacial score (nSPS) is 21.3. The molecule has 2 unspecified atom stereocenters. The van der Waals surface area contributed by atoms with E-state index in [2.05, 4.69) is 15.5 Å². The fourth-order valence-electron chi connectivity index (χ4n) is 2.18. The summed E-state index contributed by atoms with van der Waals surface area (Å²) < 4.78 is 7.07. The molecule has 2 N–H and O–H groups in total. The first-order chi connectivity index (χ1) is 8.76. The Morgan fingerprint density at radius 1 is 1.72 bits per heavy atom. The van der Waals surface area contributed by atoms with Crippen molar-refractivity contribution in [2.24, 2.45) is 5.92 Å². The Morgan fingerprint density at radius 2 is 2.56 bits per heavy atom. The van der Waals surface area contributed by atoms with Crippen LogP contribution in [0.2, 0.25) is 0 Å². The van der Waals surface area contributed by atoms with E-state index >= 15 is 0 Å². The van der Waals surface area contributed by atoms with Gasteiger partial charge in [-0.2, -0.15) is 0 Å². The van der Waals surface area contributed by atoms with E-state index in [4.69, 9.17) is 4.74 Å². The molecule has 0 radical (unpaired) electrons. The summed E-state index contributed by atoms with van der Waals surface area (Å²) in [6.45, 7) is 4.28. The summed E-state index contributed by atoms with van der Waals surface area (Å²) in [6.07, 6.45) is 1.10. The highest BCUT2D eigenvalue weighted by atomic mass is 32.2. The Labute approximate surface area is 110 Å². The first-order valence-electron chi connectivity index (χ1n) is 6.29. The van der Waals surface area contributed by atoms with Crippen molar-refractivity contribution in [3.05, 3.63) is 10.5 Å². The van der Waals surface area contributed by atoms with E-state index in [1.54, 1.807) is 16.3 Å². The molecule has 2 heterocycles. The highest BCUT2D eigenvalue weighted by Crippen LogP contribution is 2.22. The summed E-state index contributed by atoms with van der Waals surface area (Å²) in [7, 11) is 1.97. The van der Waals surface area contributed by atoms with Gasteiger partial charge in [-0.3, -0.25) is 4.57 Å². The molecule has 0 aromatic carbocycles. The maximum Gasteiger partial charge on any atom is 0.343 e. The van der Waals surface area contributed by atoms with Crippen LogP contribution in [0.5, 0.6) is 0 Å². The Kier molecular flexibility index (Phi) is 4.85. The fourth-order valence-corrected chi connectivity index (χ4v) is 3.43. The number of aromatic nitrogens is 3. The molecule has 6 nitrogen and oxygen atoms in total. The first-order valence-corrected chi connectivity index (χ1v) is 7.27. The van der Waals surface area contributed by atoms with Crippen LogP contribution in [0.25, 0.3) is 0 Å². The molecular weight excluding hydrogens is 252 g/mol. The Morgan fingerprint density at radius 3 is 3.17 bits per heavy atom. The zero-order valence-corrected chi connectivity index (χ0v) is 11.6. The molecule has 1 fully saturated rings. The second-order valence-electron chi connectivity index (χ2n) is 4.39. The molecule has 0 aliphatic carbocycles. The van der Waals surface area contributed by atoms with Crippen LogP contribution >= 0.6 is 11.8 Å². The van der Waals surface area contributed by atoms with Crippen LogP contribution in [0.3, 0.4) is 0 Å². The number of thioether (sulfide) groups is 1. The second kappa shape index (κ2) is 6.40. The summed E-state index contributed by atoms with van der Waals surface area (Å²) in [6, 6.07) is 0.398. The summed E-state index contributed by atoms with van der Waals surface area (Å²) in [5, 5.41) is 10.6. The lowest BCUT2D eigenvalue weighted by molar-refractivity contribution is 0.179. The molecule has 1 aromatic heterocycles. The number of rotatable bonds is 6. The van der Waals surface area contributed by atoms with Crippen molar-refractivity contribution in [2.75, 3.05) is 26.0 Å². The first kappa shape index (κ1) is 13.6. The standard InChI is InChI=1S/C11H20N4O2S/c1-3-15-10(16)13-14-11(15)18-7-9(12-2)8-4-5-17-6-8/h8-9,12H,3-7H2,1-2H3,(H,13,16). The number of nitrogens with zero attached hydrogens (tertiary/aromatic N) is 2. The molecule has 1 saturated heterocycles. The Hall–Kier alpha value is -0.790. The highest BCUT2D eigenvalue weighted by Gasteiger charge is 2.25. The lowest BCUT2D eigenvalue weighted by atomic mass is 10.0. The zero-order chi connectivity index (χ0) is 13.0. The molecule has 1 aromatic rings. The van der Waals surface area contributed by atoms with Crippen LogP contribution in [-0.4, -0.2) is 46.8 Å². The number of aromatic amines is 1. The molecular formula is C11H20N4O2S.